The van der Waals surface area contributed by atoms with E-state index in [-0.39, 0.29) is 0 Å². The van der Waals surface area contributed by atoms with Crippen molar-refractivity contribution in [2.24, 2.45) is 0 Å². The van der Waals surface area contributed by atoms with Crippen LogP contribution >= 0.6 is 0 Å². The maximum absolute atomic E-state index is 6.53. The largest absolute Gasteiger partial charge is 0.456 e. The van der Waals surface area contributed by atoms with E-state index in [4.69, 9.17) is 4.42 Å². The van der Waals surface area contributed by atoms with Gasteiger partial charge in [-0.1, -0.05) is 140 Å². The standard InChI is InChI=1S/C46H29NO/c1-2-10-30(11-3-1)31-22-24-35(25-23-31)47(42-29-44-46(40-15-7-6-14-39(40)42)41-16-8-9-17-43(41)48-44)36-26-27-38-34(28-36)21-20-33-19-18-32-12-4-5-13-37(32)45(33)38/h1-29H. The lowest BCUT2D eigenvalue weighted by atomic mass is 9.95. The van der Waals surface area contributed by atoms with E-state index in [1.165, 1.54) is 54.2 Å². The van der Waals surface area contributed by atoms with E-state index in [1.807, 2.05) is 6.07 Å². The molecular weight excluding hydrogens is 583 g/mol. The highest BCUT2D eigenvalue weighted by atomic mass is 16.3. The van der Waals surface area contributed by atoms with Crippen molar-refractivity contribution in [3.8, 4) is 11.1 Å². The molecule has 0 saturated carbocycles. The van der Waals surface area contributed by atoms with Gasteiger partial charge in [-0.25, -0.2) is 0 Å². The molecule has 48 heavy (non-hydrogen) atoms. The summed E-state index contributed by atoms with van der Waals surface area (Å²) in [6.45, 7) is 0. The molecule has 9 aromatic carbocycles. The summed E-state index contributed by atoms with van der Waals surface area (Å²) in [6.07, 6.45) is 0. The Labute approximate surface area is 277 Å². The Balaban J connectivity index is 1.24. The first kappa shape index (κ1) is 26.8. The Bertz CT molecular complexity index is 2830. The Morgan fingerprint density at radius 1 is 0.333 bits per heavy atom. The summed E-state index contributed by atoms with van der Waals surface area (Å²) in [5.41, 5.74) is 7.43. The molecule has 0 unspecified atom stereocenters. The number of hydrogen-bond acceptors (Lipinski definition) is 2. The van der Waals surface area contributed by atoms with Crippen LogP contribution in [0.5, 0.6) is 0 Å². The van der Waals surface area contributed by atoms with Crippen molar-refractivity contribution in [1.82, 2.24) is 0 Å². The van der Waals surface area contributed by atoms with Gasteiger partial charge in [0.2, 0.25) is 0 Å². The van der Waals surface area contributed by atoms with Crippen LogP contribution in [0, 0.1) is 0 Å². The van der Waals surface area contributed by atoms with Crippen LogP contribution in [0.1, 0.15) is 0 Å². The smallest absolute Gasteiger partial charge is 0.138 e. The van der Waals surface area contributed by atoms with Gasteiger partial charge in [0.15, 0.2) is 0 Å². The van der Waals surface area contributed by atoms with Crippen LogP contribution in [0.25, 0.3) is 76.2 Å². The number of furan rings is 1. The number of benzene rings is 9. The van der Waals surface area contributed by atoms with Gasteiger partial charge in [-0.2, -0.15) is 0 Å². The molecule has 224 valence electrons. The predicted molar refractivity (Wildman–Crippen MR) is 204 cm³/mol. The van der Waals surface area contributed by atoms with E-state index >= 15 is 0 Å². The second kappa shape index (κ2) is 10.6. The summed E-state index contributed by atoms with van der Waals surface area (Å²) in [7, 11) is 0. The van der Waals surface area contributed by atoms with Gasteiger partial charge in [0.25, 0.3) is 0 Å². The lowest BCUT2D eigenvalue weighted by molar-refractivity contribution is 0.669. The molecule has 2 nitrogen and oxygen atoms in total. The molecule has 2 heteroatoms. The number of anilines is 3. The van der Waals surface area contributed by atoms with Crippen molar-refractivity contribution >= 4 is 82.1 Å². The minimum absolute atomic E-state index is 0.883. The van der Waals surface area contributed by atoms with Crippen molar-refractivity contribution in [2.45, 2.75) is 0 Å². The monoisotopic (exact) mass is 611 g/mol. The van der Waals surface area contributed by atoms with Crippen LogP contribution in [0.4, 0.5) is 17.1 Å². The van der Waals surface area contributed by atoms with E-state index in [1.54, 1.807) is 0 Å². The van der Waals surface area contributed by atoms with Crippen LogP contribution in [0.15, 0.2) is 180 Å². The molecule has 1 aromatic heterocycles. The van der Waals surface area contributed by atoms with Gasteiger partial charge >= 0.3 is 0 Å². The normalized spacial score (nSPS) is 11.8. The number of nitrogens with zero attached hydrogens (tertiary/aromatic N) is 1. The van der Waals surface area contributed by atoms with Gasteiger partial charge in [-0.15, -0.1) is 0 Å². The lowest BCUT2D eigenvalue weighted by Gasteiger charge is -2.27. The first-order valence-electron chi connectivity index (χ1n) is 16.4. The van der Waals surface area contributed by atoms with Crippen LogP contribution in [-0.4, -0.2) is 0 Å². The van der Waals surface area contributed by atoms with E-state index in [0.29, 0.717) is 0 Å². The first-order chi connectivity index (χ1) is 23.8. The van der Waals surface area contributed by atoms with Gasteiger partial charge in [-0.05, 0) is 79.2 Å². The average molecular weight is 612 g/mol. The first-order valence-corrected chi connectivity index (χ1v) is 16.4. The number of fused-ring (bicyclic) bond motifs is 10. The van der Waals surface area contributed by atoms with E-state index < -0.39 is 0 Å². The molecular formula is C46H29NO. The topological polar surface area (TPSA) is 16.4 Å². The van der Waals surface area contributed by atoms with Crippen molar-refractivity contribution in [1.29, 1.82) is 0 Å². The fourth-order valence-electron chi connectivity index (χ4n) is 7.58. The summed E-state index contributed by atoms with van der Waals surface area (Å²) in [5, 5.41) is 12.2. The summed E-state index contributed by atoms with van der Waals surface area (Å²) in [6, 6.07) is 63.3. The summed E-state index contributed by atoms with van der Waals surface area (Å²) in [5.74, 6) is 0. The zero-order chi connectivity index (χ0) is 31.6. The Hall–Kier alpha value is -6.38. The molecule has 0 atom stereocenters. The Kier molecular flexibility index (Phi) is 5.91. The number of hydrogen-bond donors (Lipinski definition) is 0. The second-order valence-corrected chi connectivity index (χ2v) is 12.5. The van der Waals surface area contributed by atoms with Crippen LogP contribution in [-0.2, 0) is 0 Å². The summed E-state index contributed by atoms with van der Waals surface area (Å²) in [4.78, 5) is 2.39. The molecule has 10 aromatic rings. The molecule has 0 spiro atoms. The lowest BCUT2D eigenvalue weighted by Crippen LogP contribution is -2.10. The SMILES string of the molecule is c1ccc(-c2ccc(N(c3ccc4c(ccc5ccc6ccccc6c54)c3)c3cc4oc5ccccc5c4c4ccccc34)cc2)cc1. The molecule has 0 aliphatic heterocycles. The highest BCUT2D eigenvalue weighted by molar-refractivity contribution is 6.23. The van der Waals surface area contributed by atoms with Crippen molar-refractivity contribution in [2.75, 3.05) is 4.90 Å². The quantitative estimate of drug-likeness (QED) is 0.184. The maximum atomic E-state index is 6.53. The van der Waals surface area contributed by atoms with Crippen molar-refractivity contribution < 1.29 is 4.42 Å². The van der Waals surface area contributed by atoms with Gasteiger partial charge in [-0.3, -0.25) is 0 Å². The van der Waals surface area contributed by atoms with Crippen molar-refractivity contribution in [3.05, 3.63) is 176 Å². The fraction of sp³-hybridized carbons (Fsp3) is 0. The summed E-state index contributed by atoms with van der Waals surface area (Å²) >= 11 is 0. The van der Waals surface area contributed by atoms with Crippen LogP contribution in [0.2, 0.25) is 0 Å². The zero-order valence-electron chi connectivity index (χ0n) is 26.1. The third kappa shape index (κ3) is 4.13. The van der Waals surface area contributed by atoms with Crippen LogP contribution < -0.4 is 4.90 Å². The second-order valence-electron chi connectivity index (χ2n) is 12.5. The third-order valence-corrected chi connectivity index (χ3v) is 9.80. The fourth-order valence-corrected chi connectivity index (χ4v) is 7.58. The maximum Gasteiger partial charge on any atom is 0.138 e. The van der Waals surface area contributed by atoms with Gasteiger partial charge in [0.1, 0.15) is 11.2 Å². The molecule has 0 N–H and O–H groups in total. The van der Waals surface area contributed by atoms with E-state index in [0.717, 1.165) is 39.0 Å². The third-order valence-electron chi connectivity index (χ3n) is 9.80. The van der Waals surface area contributed by atoms with Crippen molar-refractivity contribution in [3.63, 3.8) is 0 Å². The molecule has 0 aliphatic carbocycles. The highest BCUT2D eigenvalue weighted by Gasteiger charge is 2.21. The molecule has 0 radical (unpaired) electrons. The molecule has 10 rings (SSSR count). The zero-order valence-corrected chi connectivity index (χ0v) is 26.1. The minimum atomic E-state index is 0.883. The predicted octanol–water partition coefficient (Wildman–Crippen LogP) is 13.3. The molecule has 0 bridgehead atoms. The van der Waals surface area contributed by atoms with E-state index in [9.17, 15) is 0 Å². The average Bonchev–Trinajstić information content (AvgIpc) is 3.54. The molecule has 0 saturated heterocycles. The Morgan fingerprint density at radius 2 is 0.938 bits per heavy atom. The number of rotatable bonds is 4. The minimum Gasteiger partial charge on any atom is -0.456 e. The van der Waals surface area contributed by atoms with Gasteiger partial charge in [0.05, 0.1) is 5.69 Å². The Morgan fingerprint density at radius 3 is 1.77 bits per heavy atom. The molecule has 0 amide bonds. The van der Waals surface area contributed by atoms with Gasteiger partial charge < -0.3 is 9.32 Å². The van der Waals surface area contributed by atoms with Gasteiger partial charge in [0, 0.05) is 33.6 Å². The highest BCUT2D eigenvalue weighted by Crippen LogP contribution is 2.45. The molecule has 1 heterocycles. The molecule has 0 fully saturated rings. The number of para-hydroxylation sites is 1. The van der Waals surface area contributed by atoms with E-state index in [2.05, 4.69) is 175 Å². The molecule has 0 aliphatic rings. The van der Waals surface area contributed by atoms with Crippen LogP contribution in [0.3, 0.4) is 0 Å². The summed E-state index contributed by atoms with van der Waals surface area (Å²) < 4.78 is 6.53.